The smallest absolute Gasteiger partial charge is 0.299 e. The van der Waals surface area contributed by atoms with Gasteiger partial charge in [0.05, 0.1) is 11.3 Å². The number of rotatable bonds is 5. The summed E-state index contributed by atoms with van der Waals surface area (Å²) in [5, 5.41) is 0. The lowest BCUT2D eigenvalue weighted by Gasteiger charge is -2.32. The Morgan fingerprint density at radius 2 is 1.71 bits per heavy atom. The second kappa shape index (κ2) is 5.98. The SMILES string of the molecule is Cc1ccc2c(c1)C(=O)C(=O)N2CCN(C(C)C)C(C)C. The van der Waals surface area contributed by atoms with Crippen molar-refractivity contribution in [1.29, 1.82) is 0 Å². The predicted octanol–water partition coefficient (Wildman–Crippen LogP) is 2.64. The van der Waals surface area contributed by atoms with Crippen molar-refractivity contribution in [2.24, 2.45) is 0 Å². The number of fused-ring (bicyclic) bond motifs is 1. The molecule has 0 unspecified atom stereocenters. The third kappa shape index (κ3) is 3.00. The van der Waals surface area contributed by atoms with Crippen molar-refractivity contribution in [2.45, 2.75) is 46.7 Å². The van der Waals surface area contributed by atoms with Gasteiger partial charge < -0.3 is 4.90 Å². The number of carbonyl (C=O) groups excluding carboxylic acids is 2. The molecule has 0 spiro atoms. The van der Waals surface area contributed by atoms with Crippen molar-refractivity contribution in [2.75, 3.05) is 18.0 Å². The van der Waals surface area contributed by atoms with Crippen LogP contribution in [0.25, 0.3) is 0 Å². The first-order valence-corrected chi connectivity index (χ1v) is 7.55. The Kier molecular flexibility index (Phi) is 4.47. The topological polar surface area (TPSA) is 40.6 Å². The Bertz CT molecular complexity index is 556. The Morgan fingerprint density at radius 3 is 2.29 bits per heavy atom. The number of nitrogens with zero attached hydrogens (tertiary/aromatic N) is 2. The highest BCUT2D eigenvalue weighted by atomic mass is 16.2. The molecular formula is C17H24N2O2. The Morgan fingerprint density at radius 1 is 1.10 bits per heavy atom. The van der Waals surface area contributed by atoms with Crippen molar-refractivity contribution >= 4 is 17.4 Å². The highest BCUT2D eigenvalue weighted by molar-refractivity contribution is 6.52. The fourth-order valence-corrected chi connectivity index (χ4v) is 2.96. The van der Waals surface area contributed by atoms with Crippen LogP contribution in [0.2, 0.25) is 0 Å². The van der Waals surface area contributed by atoms with Gasteiger partial charge in [0.15, 0.2) is 0 Å². The molecule has 0 radical (unpaired) electrons. The summed E-state index contributed by atoms with van der Waals surface area (Å²) in [5.41, 5.74) is 2.30. The molecule has 0 atom stereocenters. The summed E-state index contributed by atoms with van der Waals surface area (Å²) < 4.78 is 0. The minimum absolute atomic E-state index is 0.380. The van der Waals surface area contributed by atoms with Gasteiger partial charge in [-0.2, -0.15) is 0 Å². The number of hydrogen-bond donors (Lipinski definition) is 0. The number of aryl methyl sites for hydroxylation is 1. The van der Waals surface area contributed by atoms with E-state index in [1.54, 1.807) is 11.0 Å². The molecule has 1 amide bonds. The van der Waals surface area contributed by atoms with Gasteiger partial charge in [-0.25, -0.2) is 0 Å². The van der Waals surface area contributed by atoms with Gasteiger partial charge in [0.1, 0.15) is 0 Å². The van der Waals surface area contributed by atoms with E-state index >= 15 is 0 Å². The first-order chi connectivity index (χ1) is 9.82. The minimum atomic E-state index is -0.400. The van der Waals surface area contributed by atoms with Gasteiger partial charge in [-0.3, -0.25) is 14.5 Å². The molecule has 1 heterocycles. The number of amides is 1. The molecule has 2 rings (SSSR count). The van der Waals surface area contributed by atoms with E-state index in [2.05, 4.69) is 32.6 Å². The molecule has 1 aliphatic rings. The average molecular weight is 288 g/mol. The predicted molar refractivity (Wildman–Crippen MR) is 84.8 cm³/mol. The van der Waals surface area contributed by atoms with Crippen molar-refractivity contribution in [1.82, 2.24) is 4.90 Å². The Labute approximate surface area is 126 Å². The third-order valence-electron chi connectivity index (χ3n) is 4.04. The van der Waals surface area contributed by atoms with E-state index in [1.807, 2.05) is 19.1 Å². The van der Waals surface area contributed by atoms with E-state index in [-0.39, 0.29) is 5.78 Å². The second-order valence-corrected chi connectivity index (χ2v) is 6.23. The molecule has 0 N–H and O–H groups in total. The van der Waals surface area contributed by atoms with E-state index in [4.69, 9.17) is 0 Å². The minimum Gasteiger partial charge on any atom is -0.303 e. The first kappa shape index (κ1) is 15.7. The molecule has 1 aromatic carbocycles. The monoisotopic (exact) mass is 288 g/mol. The lowest BCUT2D eigenvalue weighted by Crippen LogP contribution is -2.43. The van der Waals surface area contributed by atoms with Gasteiger partial charge in [0, 0.05) is 25.2 Å². The largest absolute Gasteiger partial charge is 0.303 e. The molecule has 0 saturated carbocycles. The summed E-state index contributed by atoms with van der Waals surface area (Å²) in [4.78, 5) is 28.2. The number of carbonyl (C=O) groups is 2. The van der Waals surface area contributed by atoms with E-state index in [0.717, 1.165) is 17.8 Å². The molecule has 0 fully saturated rings. The molecule has 4 nitrogen and oxygen atoms in total. The van der Waals surface area contributed by atoms with Crippen LogP contribution in [0, 0.1) is 6.92 Å². The normalized spacial score (nSPS) is 14.8. The number of ketones is 1. The van der Waals surface area contributed by atoms with E-state index in [9.17, 15) is 9.59 Å². The molecule has 114 valence electrons. The molecule has 0 aliphatic carbocycles. The maximum Gasteiger partial charge on any atom is 0.299 e. The third-order valence-corrected chi connectivity index (χ3v) is 4.04. The number of Topliss-reactive ketones (excluding diaryl/α,β-unsaturated/α-hetero) is 1. The molecular weight excluding hydrogens is 264 g/mol. The number of hydrogen-bond acceptors (Lipinski definition) is 3. The number of anilines is 1. The van der Waals surface area contributed by atoms with Crippen LogP contribution in [0.3, 0.4) is 0 Å². The summed E-state index contributed by atoms with van der Waals surface area (Å²) in [6, 6.07) is 6.45. The van der Waals surface area contributed by atoms with Crippen LogP contribution in [-0.2, 0) is 4.79 Å². The van der Waals surface area contributed by atoms with Crippen LogP contribution in [0.15, 0.2) is 18.2 Å². The summed E-state index contributed by atoms with van der Waals surface area (Å²) >= 11 is 0. The number of benzene rings is 1. The van der Waals surface area contributed by atoms with Crippen molar-refractivity contribution in [3.8, 4) is 0 Å². The summed E-state index contributed by atoms with van der Waals surface area (Å²) in [6.07, 6.45) is 0. The van der Waals surface area contributed by atoms with Crippen molar-refractivity contribution < 1.29 is 9.59 Å². The molecule has 21 heavy (non-hydrogen) atoms. The zero-order valence-corrected chi connectivity index (χ0v) is 13.5. The van der Waals surface area contributed by atoms with Crippen LogP contribution in [0.5, 0.6) is 0 Å². The van der Waals surface area contributed by atoms with Crippen LogP contribution >= 0.6 is 0 Å². The van der Waals surface area contributed by atoms with Gasteiger partial charge in [0.25, 0.3) is 11.7 Å². The summed E-state index contributed by atoms with van der Waals surface area (Å²) in [6.45, 7) is 11.8. The van der Waals surface area contributed by atoms with Crippen LogP contribution in [0.4, 0.5) is 5.69 Å². The highest BCUT2D eigenvalue weighted by Crippen LogP contribution is 2.29. The fraction of sp³-hybridized carbons (Fsp3) is 0.529. The maximum atomic E-state index is 12.2. The molecule has 0 bridgehead atoms. The quantitative estimate of drug-likeness (QED) is 0.782. The lowest BCUT2D eigenvalue weighted by atomic mass is 10.1. The fourth-order valence-electron chi connectivity index (χ4n) is 2.96. The van der Waals surface area contributed by atoms with E-state index < -0.39 is 5.91 Å². The second-order valence-electron chi connectivity index (χ2n) is 6.23. The van der Waals surface area contributed by atoms with Crippen molar-refractivity contribution in [3.05, 3.63) is 29.3 Å². The first-order valence-electron chi connectivity index (χ1n) is 7.55. The molecule has 0 aromatic heterocycles. The summed E-state index contributed by atoms with van der Waals surface area (Å²) in [5.74, 6) is -0.780. The van der Waals surface area contributed by atoms with Gasteiger partial charge in [-0.05, 0) is 46.8 Å². The molecule has 1 aromatic rings. The van der Waals surface area contributed by atoms with Gasteiger partial charge in [-0.1, -0.05) is 11.6 Å². The zero-order valence-electron chi connectivity index (χ0n) is 13.5. The Hall–Kier alpha value is -1.68. The molecule has 4 heteroatoms. The maximum absolute atomic E-state index is 12.2. The van der Waals surface area contributed by atoms with Gasteiger partial charge in [0.2, 0.25) is 0 Å². The zero-order chi connectivity index (χ0) is 15.7. The Balaban J connectivity index is 2.19. The van der Waals surface area contributed by atoms with Gasteiger partial charge >= 0.3 is 0 Å². The van der Waals surface area contributed by atoms with E-state index in [0.29, 0.717) is 24.2 Å². The van der Waals surface area contributed by atoms with Crippen LogP contribution in [0.1, 0.15) is 43.6 Å². The standard InChI is InChI=1S/C17H24N2O2/c1-11(2)18(12(3)4)8-9-19-15-7-6-13(5)10-14(15)16(20)17(19)21/h6-7,10-12H,8-9H2,1-5H3. The van der Waals surface area contributed by atoms with E-state index in [1.165, 1.54) is 0 Å². The van der Waals surface area contributed by atoms with Crippen molar-refractivity contribution in [3.63, 3.8) is 0 Å². The average Bonchev–Trinajstić information content (AvgIpc) is 2.63. The molecule has 0 saturated heterocycles. The van der Waals surface area contributed by atoms with Crippen LogP contribution < -0.4 is 4.90 Å². The van der Waals surface area contributed by atoms with Gasteiger partial charge in [-0.15, -0.1) is 0 Å². The highest BCUT2D eigenvalue weighted by Gasteiger charge is 2.35. The van der Waals surface area contributed by atoms with Crippen LogP contribution in [-0.4, -0.2) is 41.8 Å². The molecule has 1 aliphatic heterocycles. The lowest BCUT2D eigenvalue weighted by molar-refractivity contribution is -0.114. The summed E-state index contributed by atoms with van der Waals surface area (Å²) in [7, 11) is 0.